The zero-order valence-corrected chi connectivity index (χ0v) is 12.0. The third-order valence-electron chi connectivity index (χ3n) is 3.50. The van der Waals surface area contributed by atoms with Crippen molar-refractivity contribution in [2.45, 2.75) is 13.3 Å². The molecule has 6 heteroatoms. The molecule has 1 aromatic carbocycles. The molecule has 1 N–H and O–H groups in total. The van der Waals surface area contributed by atoms with E-state index in [1.165, 1.54) is 6.07 Å². The van der Waals surface area contributed by atoms with Gasteiger partial charge in [0.15, 0.2) is 0 Å². The molecular weight excluding hydrogens is 258 g/mol. The number of nitro groups is 1. The molecule has 1 aliphatic heterocycles. The Morgan fingerprint density at radius 2 is 2.30 bits per heavy atom. The van der Waals surface area contributed by atoms with Crippen LogP contribution in [0.2, 0.25) is 0 Å². The molecule has 110 valence electrons. The first kappa shape index (κ1) is 14.6. The van der Waals surface area contributed by atoms with E-state index in [2.05, 4.69) is 17.3 Å². The monoisotopic (exact) mass is 279 g/mol. The van der Waals surface area contributed by atoms with Crippen molar-refractivity contribution in [3.63, 3.8) is 0 Å². The number of nitrogens with zero attached hydrogens (tertiary/aromatic N) is 2. The Kier molecular flexibility index (Phi) is 4.79. The van der Waals surface area contributed by atoms with Crippen molar-refractivity contribution in [2.24, 2.45) is 5.92 Å². The Labute approximate surface area is 118 Å². The van der Waals surface area contributed by atoms with Crippen molar-refractivity contribution in [1.29, 1.82) is 0 Å². The van der Waals surface area contributed by atoms with Gasteiger partial charge in [-0.25, -0.2) is 0 Å². The van der Waals surface area contributed by atoms with Crippen molar-refractivity contribution in [3.05, 3.63) is 28.3 Å². The van der Waals surface area contributed by atoms with Gasteiger partial charge in [-0.3, -0.25) is 10.1 Å². The number of likely N-dealkylation sites (tertiary alicyclic amines) is 1. The summed E-state index contributed by atoms with van der Waals surface area (Å²) in [6.45, 7) is 5.37. The summed E-state index contributed by atoms with van der Waals surface area (Å²) in [6, 6.07) is 4.83. The molecule has 0 aromatic heterocycles. The highest BCUT2D eigenvalue weighted by Crippen LogP contribution is 2.26. The highest BCUT2D eigenvalue weighted by Gasteiger charge is 2.19. The van der Waals surface area contributed by atoms with Crippen LogP contribution in [0.1, 0.15) is 13.3 Å². The Bertz CT molecular complexity index is 479. The topological polar surface area (TPSA) is 67.6 Å². The molecule has 1 heterocycles. The molecule has 2 rings (SSSR count). The number of ether oxygens (including phenoxy) is 1. The molecule has 0 spiro atoms. The van der Waals surface area contributed by atoms with Crippen LogP contribution in [0.5, 0.6) is 5.75 Å². The largest absolute Gasteiger partial charge is 0.494 e. The summed E-state index contributed by atoms with van der Waals surface area (Å²) in [5.74, 6) is 1.13. The number of nitro benzene ring substituents is 1. The van der Waals surface area contributed by atoms with Crippen molar-refractivity contribution in [3.8, 4) is 5.75 Å². The molecule has 0 saturated carbocycles. The van der Waals surface area contributed by atoms with E-state index < -0.39 is 4.92 Å². The molecule has 1 saturated heterocycles. The first-order chi connectivity index (χ1) is 9.58. The zero-order valence-electron chi connectivity index (χ0n) is 12.0. The van der Waals surface area contributed by atoms with Crippen LogP contribution in [0.15, 0.2) is 18.2 Å². The minimum absolute atomic E-state index is 0.0574. The highest BCUT2D eigenvalue weighted by molar-refractivity contribution is 5.56. The fraction of sp³-hybridized carbons (Fsp3) is 0.571. The maximum atomic E-state index is 10.9. The molecule has 1 aliphatic rings. The lowest BCUT2D eigenvalue weighted by Gasteiger charge is -2.13. The lowest BCUT2D eigenvalue weighted by molar-refractivity contribution is -0.384. The Balaban J connectivity index is 2.03. The summed E-state index contributed by atoms with van der Waals surface area (Å²) in [5.41, 5.74) is 0.805. The van der Waals surface area contributed by atoms with E-state index in [1.54, 1.807) is 6.07 Å². The van der Waals surface area contributed by atoms with E-state index in [1.807, 2.05) is 13.0 Å². The number of hydrogen-bond donors (Lipinski definition) is 1. The molecule has 1 fully saturated rings. The van der Waals surface area contributed by atoms with Crippen LogP contribution in [-0.4, -0.2) is 43.1 Å². The van der Waals surface area contributed by atoms with Crippen LogP contribution in [0, 0.1) is 16.0 Å². The second-order valence-electron chi connectivity index (χ2n) is 5.20. The van der Waals surface area contributed by atoms with Gasteiger partial charge >= 0.3 is 0 Å². The fourth-order valence-corrected chi connectivity index (χ4v) is 2.50. The maximum Gasteiger partial charge on any atom is 0.275 e. The molecule has 1 atom stereocenters. The molecule has 1 unspecified atom stereocenters. The van der Waals surface area contributed by atoms with Crippen molar-refractivity contribution in [2.75, 3.05) is 38.6 Å². The van der Waals surface area contributed by atoms with E-state index in [0.29, 0.717) is 18.3 Å². The van der Waals surface area contributed by atoms with Gasteiger partial charge in [-0.1, -0.05) is 0 Å². The molecule has 0 amide bonds. The van der Waals surface area contributed by atoms with Crippen LogP contribution in [-0.2, 0) is 0 Å². The van der Waals surface area contributed by atoms with Crippen molar-refractivity contribution in [1.82, 2.24) is 4.90 Å². The molecule has 1 aromatic rings. The van der Waals surface area contributed by atoms with Gasteiger partial charge in [0.05, 0.1) is 17.6 Å². The smallest absolute Gasteiger partial charge is 0.275 e. The predicted molar refractivity (Wildman–Crippen MR) is 78.4 cm³/mol. The van der Waals surface area contributed by atoms with Crippen LogP contribution in [0.25, 0.3) is 0 Å². The second-order valence-corrected chi connectivity index (χ2v) is 5.20. The molecule has 20 heavy (non-hydrogen) atoms. The molecular formula is C14H21N3O3. The van der Waals surface area contributed by atoms with E-state index in [9.17, 15) is 10.1 Å². The second kappa shape index (κ2) is 6.56. The number of hydrogen-bond acceptors (Lipinski definition) is 5. The number of benzene rings is 1. The van der Waals surface area contributed by atoms with Crippen molar-refractivity contribution < 1.29 is 9.66 Å². The normalized spacial score (nSPS) is 19.0. The van der Waals surface area contributed by atoms with Crippen LogP contribution in [0.4, 0.5) is 11.4 Å². The van der Waals surface area contributed by atoms with Gasteiger partial charge in [0.25, 0.3) is 5.69 Å². The van der Waals surface area contributed by atoms with Gasteiger partial charge < -0.3 is 15.0 Å². The standard InChI is InChI=1S/C14H21N3O3/c1-3-20-14-7-12(6-13(8-14)17(18)19)15-9-11-4-5-16(2)10-11/h6-8,11,15H,3-5,9-10H2,1-2H3. The summed E-state index contributed by atoms with van der Waals surface area (Å²) < 4.78 is 5.37. The molecule has 0 aliphatic carbocycles. The zero-order chi connectivity index (χ0) is 14.5. The van der Waals surface area contributed by atoms with Gasteiger partial charge in [-0.05, 0) is 32.9 Å². The van der Waals surface area contributed by atoms with E-state index >= 15 is 0 Å². The maximum absolute atomic E-state index is 10.9. The van der Waals surface area contributed by atoms with Crippen molar-refractivity contribution >= 4 is 11.4 Å². The van der Waals surface area contributed by atoms with Gasteiger partial charge in [-0.15, -0.1) is 0 Å². The first-order valence-corrected chi connectivity index (χ1v) is 6.93. The third kappa shape index (κ3) is 3.84. The highest BCUT2D eigenvalue weighted by atomic mass is 16.6. The Hall–Kier alpha value is -1.82. The first-order valence-electron chi connectivity index (χ1n) is 6.93. The number of anilines is 1. The SMILES string of the molecule is CCOc1cc(NCC2CCN(C)C2)cc([N+](=O)[O-])c1. The third-order valence-corrected chi connectivity index (χ3v) is 3.50. The van der Waals surface area contributed by atoms with Gasteiger partial charge in [-0.2, -0.15) is 0 Å². The lowest BCUT2D eigenvalue weighted by Crippen LogP contribution is -2.19. The molecule has 0 radical (unpaired) electrons. The van der Waals surface area contributed by atoms with Crippen LogP contribution < -0.4 is 10.1 Å². The van der Waals surface area contributed by atoms with Gasteiger partial charge in [0, 0.05) is 30.9 Å². The average Bonchev–Trinajstić information content (AvgIpc) is 2.82. The molecule has 0 bridgehead atoms. The van der Waals surface area contributed by atoms with Gasteiger partial charge in [0.2, 0.25) is 0 Å². The van der Waals surface area contributed by atoms with Gasteiger partial charge in [0.1, 0.15) is 5.75 Å². The summed E-state index contributed by atoms with van der Waals surface area (Å²) in [7, 11) is 2.11. The van der Waals surface area contributed by atoms with E-state index in [0.717, 1.165) is 31.7 Å². The van der Waals surface area contributed by atoms with Crippen LogP contribution >= 0.6 is 0 Å². The van der Waals surface area contributed by atoms with E-state index in [4.69, 9.17) is 4.74 Å². The lowest BCUT2D eigenvalue weighted by atomic mass is 10.1. The Morgan fingerprint density at radius 1 is 1.50 bits per heavy atom. The Morgan fingerprint density at radius 3 is 2.90 bits per heavy atom. The molecule has 6 nitrogen and oxygen atoms in total. The predicted octanol–water partition coefficient (Wildman–Crippen LogP) is 2.36. The number of nitrogens with one attached hydrogen (secondary N) is 1. The summed E-state index contributed by atoms with van der Waals surface area (Å²) in [4.78, 5) is 12.8. The summed E-state index contributed by atoms with van der Waals surface area (Å²) in [6.07, 6.45) is 1.16. The minimum Gasteiger partial charge on any atom is -0.494 e. The summed E-state index contributed by atoms with van der Waals surface area (Å²) >= 11 is 0. The number of non-ortho nitro benzene ring substituents is 1. The summed E-state index contributed by atoms with van der Waals surface area (Å²) in [5, 5.41) is 14.2. The fourth-order valence-electron chi connectivity index (χ4n) is 2.50. The van der Waals surface area contributed by atoms with Crippen LogP contribution in [0.3, 0.4) is 0 Å². The minimum atomic E-state index is -0.392. The quantitative estimate of drug-likeness (QED) is 0.639. The number of rotatable bonds is 6. The average molecular weight is 279 g/mol. The van der Waals surface area contributed by atoms with E-state index in [-0.39, 0.29) is 5.69 Å².